The van der Waals surface area contributed by atoms with Gasteiger partial charge in [0, 0.05) is 31.5 Å². The third kappa shape index (κ3) is 3.92. The van der Waals surface area contributed by atoms with Crippen LogP contribution in [0.5, 0.6) is 0 Å². The first kappa shape index (κ1) is 14.8. The maximum Gasteiger partial charge on any atom is 0.223 e. The average molecular weight is 273 g/mol. The average Bonchev–Trinajstić information content (AvgIpc) is 2.34. The Labute approximate surface area is 121 Å². The fourth-order valence-corrected chi connectivity index (χ4v) is 2.39. The highest BCUT2D eigenvalue weighted by Crippen LogP contribution is 2.14. The molecule has 0 atom stereocenters. The van der Waals surface area contributed by atoms with Crippen LogP contribution in [0.2, 0.25) is 0 Å². The van der Waals surface area contributed by atoms with Crippen molar-refractivity contribution in [2.75, 3.05) is 13.1 Å². The van der Waals surface area contributed by atoms with Crippen LogP contribution in [0.3, 0.4) is 0 Å². The molecule has 0 bridgehead atoms. The molecule has 1 aromatic carbocycles. The normalized spacial score (nSPS) is 14.2. The fourth-order valence-electron chi connectivity index (χ4n) is 2.39. The highest BCUT2D eigenvalue weighted by molar-refractivity contribution is 5.98. The van der Waals surface area contributed by atoms with Gasteiger partial charge in [-0.2, -0.15) is 0 Å². The molecule has 0 unspecified atom stereocenters. The van der Waals surface area contributed by atoms with Crippen molar-refractivity contribution < 1.29 is 9.59 Å². The van der Waals surface area contributed by atoms with Crippen molar-refractivity contribution in [2.24, 2.45) is 5.92 Å². The standard InChI is InChI=1S/C17H23NO2/c1-13(2)12-14-4-6-15(7-5-14)16(19)8-9-17(20)18-10-3-11-18/h4-7,13H,3,8-12H2,1-2H3. The molecule has 20 heavy (non-hydrogen) atoms. The number of benzene rings is 1. The Hall–Kier alpha value is -1.64. The van der Waals surface area contributed by atoms with Gasteiger partial charge in [-0.05, 0) is 24.3 Å². The first-order valence-corrected chi connectivity index (χ1v) is 7.46. The number of carbonyl (C=O) groups is 2. The summed E-state index contributed by atoms with van der Waals surface area (Å²) < 4.78 is 0. The minimum Gasteiger partial charge on any atom is -0.343 e. The van der Waals surface area contributed by atoms with Gasteiger partial charge in [-0.25, -0.2) is 0 Å². The Morgan fingerprint density at radius 1 is 1.10 bits per heavy atom. The predicted molar refractivity (Wildman–Crippen MR) is 79.7 cm³/mol. The summed E-state index contributed by atoms with van der Waals surface area (Å²) in [6.07, 6.45) is 2.78. The lowest BCUT2D eigenvalue weighted by Crippen LogP contribution is -2.42. The molecule has 0 spiro atoms. The third-order valence-electron chi connectivity index (χ3n) is 3.69. The smallest absolute Gasteiger partial charge is 0.223 e. The van der Waals surface area contributed by atoms with E-state index < -0.39 is 0 Å². The highest BCUT2D eigenvalue weighted by atomic mass is 16.2. The molecular formula is C17H23NO2. The van der Waals surface area contributed by atoms with Crippen LogP contribution in [-0.2, 0) is 11.2 Å². The second-order valence-corrected chi connectivity index (χ2v) is 5.95. The van der Waals surface area contributed by atoms with Crippen LogP contribution in [-0.4, -0.2) is 29.7 Å². The molecule has 1 saturated heterocycles. The summed E-state index contributed by atoms with van der Waals surface area (Å²) in [4.78, 5) is 25.6. The number of carbonyl (C=O) groups excluding carboxylic acids is 2. The van der Waals surface area contributed by atoms with Gasteiger partial charge in [-0.15, -0.1) is 0 Å². The Bertz CT molecular complexity index is 472. The zero-order valence-corrected chi connectivity index (χ0v) is 12.4. The van der Waals surface area contributed by atoms with Gasteiger partial charge in [-0.3, -0.25) is 9.59 Å². The van der Waals surface area contributed by atoms with Gasteiger partial charge >= 0.3 is 0 Å². The van der Waals surface area contributed by atoms with Crippen LogP contribution in [0.25, 0.3) is 0 Å². The lowest BCUT2D eigenvalue weighted by molar-refractivity contribution is -0.134. The van der Waals surface area contributed by atoms with Gasteiger partial charge in [0.25, 0.3) is 0 Å². The summed E-state index contributed by atoms with van der Waals surface area (Å²) in [7, 11) is 0. The SMILES string of the molecule is CC(C)Cc1ccc(C(=O)CCC(=O)N2CCC2)cc1. The van der Waals surface area contributed by atoms with E-state index in [1.807, 2.05) is 29.2 Å². The zero-order chi connectivity index (χ0) is 14.5. The van der Waals surface area contributed by atoms with Crippen LogP contribution < -0.4 is 0 Å². The van der Waals surface area contributed by atoms with Crippen molar-refractivity contribution in [3.8, 4) is 0 Å². The lowest BCUT2D eigenvalue weighted by Gasteiger charge is -2.30. The van der Waals surface area contributed by atoms with Gasteiger partial charge < -0.3 is 4.90 Å². The predicted octanol–water partition coefficient (Wildman–Crippen LogP) is 3.08. The molecule has 108 valence electrons. The van der Waals surface area contributed by atoms with E-state index in [1.165, 1.54) is 5.56 Å². The molecule has 0 saturated carbocycles. The molecular weight excluding hydrogens is 250 g/mol. The first-order chi connectivity index (χ1) is 9.56. The third-order valence-corrected chi connectivity index (χ3v) is 3.69. The van der Waals surface area contributed by atoms with E-state index in [1.54, 1.807) is 0 Å². The van der Waals surface area contributed by atoms with Gasteiger partial charge in [0.2, 0.25) is 5.91 Å². The van der Waals surface area contributed by atoms with E-state index in [-0.39, 0.29) is 11.7 Å². The van der Waals surface area contributed by atoms with Crippen molar-refractivity contribution >= 4 is 11.7 Å². The van der Waals surface area contributed by atoms with Gasteiger partial charge in [0.05, 0.1) is 0 Å². The second-order valence-electron chi connectivity index (χ2n) is 5.95. The molecule has 3 nitrogen and oxygen atoms in total. The molecule has 1 fully saturated rings. The first-order valence-electron chi connectivity index (χ1n) is 7.46. The quantitative estimate of drug-likeness (QED) is 0.747. The van der Waals surface area contributed by atoms with Crippen molar-refractivity contribution in [3.05, 3.63) is 35.4 Å². The maximum atomic E-state index is 12.0. The minimum absolute atomic E-state index is 0.0648. The Balaban J connectivity index is 1.83. The van der Waals surface area contributed by atoms with E-state index in [0.717, 1.165) is 25.9 Å². The van der Waals surface area contributed by atoms with E-state index in [2.05, 4.69) is 13.8 Å². The number of nitrogens with zero attached hydrogens (tertiary/aromatic N) is 1. The Morgan fingerprint density at radius 3 is 2.25 bits per heavy atom. The van der Waals surface area contributed by atoms with Crippen LogP contribution in [0.1, 0.15) is 49.0 Å². The number of Topliss-reactive ketones (excluding diaryl/α,β-unsaturated/α-hetero) is 1. The second kappa shape index (κ2) is 6.69. The van der Waals surface area contributed by atoms with Crippen molar-refractivity contribution in [1.29, 1.82) is 0 Å². The molecule has 0 aliphatic carbocycles. The molecule has 2 rings (SSSR count). The number of rotatable bonds is 6. The topological polar surface area (TPSA) is 37.4 Å². The molecule has 1 heterocycles. The summed E-state index contributed by atoms with van der Waals surface area (Å²) in [6.45, 7) is 6.08. The zero-order valence-electron chi connectivity index (χ0n) is 12.4. The molecule has 3 heteroatoms. The van der Waals surface area contributed by atoms with E-state index in [9.17, 15) is 9.59 Å². The summed E-state index contributed by atoms with van der Waals surface area (Å²) in [6, 6.07) is 7.80. The van der Waals surface area contributed by atoms with Crippen molar-refractivity contribution in [3.63, 3.8) is 0 Å². The number of amides is 1. The fraction of sp³-hybridized carbons (Fsp3) is 0.529. The van der Waals surface area contributed by atoms with Crippen LogP contribution in [0.4, 0.5) is 0 Å². The van der Waals surface area contributed by atoms with Gasteiger partial charge in [-0.1, -0.05) is 38.1 Å². The number of hydrogen-bond donors (Lipinski definition) is 0. The van der Waals surface area contributed by atoms with Crippen LogP contribution >= 0.6 is 0 Å². The minimum atomic E-state index is 0.0648. The van der Waals surface area contributed by atoms with Crippen LogP contribution in [0, 0.1) is 5.92 Å². The van der Waals surface area contributed by atoms with Gasteiger partial charge in [0.15, 0.2) is 5.78 Å². The highest BCUT2D eigenvalue weighted by Gasteiger charge is 2.20. The molecule has 1 aliphatic rings. The molecule has 1 aliphatic heterocycles. The summed E-state index contributed by atoms with van der Waals surface area (Å²) >= 11 is 0. The molecule has 0 N–H and O–H groups in total. The lowest BCUT2D eigenvalue weighted by atomic mass is 9.99. The number of hydrogen-bond acceptors (Lipinski definition) is 2. The van der Waals surface area contributed by atoms with Crippen molar-refractivity contribution in [2.45, 2.75) is 39.5 Å². The molecule has 1 amide bonds. The van der Waals surface area contributed by atoms with E-state index in [0.29, 0.717) is 24.3 Å². The molecule has 1 aromatic rings. The number of likely N-dealkylation sites (tertiary alicyclic amines) is 1. The molecule has 0 aromatic heterocycles. The Morgan fingerprint density at radius 2 is 1.75 bits per heavy atom. The largest absolute Gasteiger partial charge is 0.343 e. The summed E-state index contributed by atoms with van der Waals surface area (Å²) in [5, 5.41) is 0. The van der Waals surface area contributed by atoms with Gasteiger partial charge in [0.1, 0.15) is 0 Å². The monoisotopic (exact) mass is 273 g/mol. The summed E-state index contributed by atoms with van der Waals surface area (Å²) in [5.74, 6) is 0.793. The summed E-state index contributed by atoms with van der Waals surface area (Å²) in [5.41, 5.74) is 1.97. The maximum absolute atomic E-state index is 12.0. The van der Waals surface area contributed by atoms with Crippen molar-refractivity contribution in [1.82, 2.24) is 4.90 Å². The number of ketones is 1. The van der Waals surface area contributed by atoms with E-state index >= 15 is 0 Å². The van der Waals surface area contributed by atoms with Crippen LogP contribution in [0.15, 0.2) is 24.3 Å². The molecule has 0 radical (unpaired) electrons. The van der Waals surface area contributed by atoms with E-state index in [4.69, 9.17) is 0 Å². The Kier molecular flexibility index (Phi) is 4.94.